The molecule has 1 rings (SSSR count). The first-order valence-corrected chi connectivity index (χ1v) is 6.24. The van der Waals surface area contributed by atoms with Crippen molar-refractivity contribution in [3.05, 3.63) is 35.4 Å². The van der Waals surface area contributed by atoms with Crippen LogP contribution in [0.3, 0.4) is 0 Å². The molecule has 0 aliphatic rings. The van der Waals surface area contributed by atoms with Crippen LogP contribution in [0.4, 0.5) is 0 Å². The second-order valence-electron chi connectivity index (χ2n) is 3.86. The Morgan fingerprint density at radius 1 is 1.41 bits per heavy atom. The summed E-state index contributed by atoms with van der Waals surface area (Å²) in [5.41, 5.74) is 1.65. The number of carbonyl (C=O) groups excluding carboxylic acids is 1. The Morgan fingerprint density at radius 3 is 2.59 bits per heavy atom. The van der Waals surface area contributed by atoms with E-state index in [1.807, 2.05) is 26.0 Å². The van der Waals surface area contributed by atoms with Crippen molar-refractivity contribution in [3.63, 3.8) is 0 Å². The van der Waals surface area contributed by atoms with E-state index in [-0.39, 0.29) is 11.9 Å². The van der Waals surface area contributed by atoms with Crippen LogP contribution >= 0.6 is 11.6 Å². The molecule has 3 nitrogen and oxygen atoms in total. The second kappa shape index (κ2) is 7.30. The van der Waals surface area contributed by atoms with Gasteiger partial charge in [0.25, 0.3) is 5.91 Å². The predicted molar refractivity (Wildman–Crippen MR) is 69.4 cm³/mol. The summed E-state index contributed by atoms with van der Waals surface area (Å²) in [4.78, 5) is 11.8. The number of alkyl halides is 1. The molecule has 0 aliphatic heterocycles. The van der Waals surface area contributed by atoms with Gasteiger partial charge >= 0.3 is 0 Å². The van der Waals surface area contributed by atoms with Crippen molar-refractivity contribution in [1.82, 2.24) is 5.32 Å². The fourth-order valence-electron chi connectivity index (χ4n) is 1.39. The van der Waals surface area contributed by atoms with E-state index in [0.717, 1.165) is 5.56 Å². The first-order valence-electron chi connectivity index (χ1n) is 5.71. The molecule has 1 amide bonds. The van der Waals surface area contributed by atoms with Gasteiger partial charge in [-0.1, -0.05) is 12.1 Å². The molecule has 1 aromatic rings. The molecule has 0 heterocycles. The molecule has 4 heteroatoms. The predicted octanol–water partition coefficient (Wildman–Crippen LogP) is 2.58. The van der Waals surface area contributed by atoms with Gasteiger partial charge in [0.2, 0.25) is 0 Å². The normalized spacial score (nSPS) is 12.2. The van der Waals surface area contributed by atoms with Crippen LogP contribution < -0.4 is 5.32 Å². The van der Waals surface area contributed by atoms with Gasteiger partial charge in [-0.15, -0.1) is 11.6 Å². The topological polar surface area (TPSA) is 38.3 Å². The van der Waals surface area contributed by atoms with Crippen LogP contribution in [-0.4, -0.2) is 25.2 Å². The van der Waals surface area contributed by atoms with Crippen molar-refractivity contribution in [1.29, 1.82) is 0 Å². The number of benzene rings is 1. The van der Waals surface area contributed by atoms with Gasteiger partial charge in [-0.25, -0.2) is 0 Å². The summed E-state index contributed by atoms with van der Waals surface area (Å²) in [6.45, 7) is 5.03. The third-order valence-electron chi connectivity index (χ3n) is 2.32. The molecule has 0 saturated heterocycles. The summed E-state index contributed by atoms with van der Waals surface area (Å²) >= 11 is 5.68. The van der Waals surface area contributed by atoms with Crippen molar-refractivity contribution in [2.45, 2.75) is 25.8 Å². The number of rotatable bonds is 6. The lowest BCUT2D eigenvalue weighted by molar-refractivity contribution is 0.0872. The van der Waals surface area contributed by atoms with E-state index in [9.17, 15) is 4.79 Å². The van der Waals surface area contributed by atoms with Gasteiger partial charge in [0, 0.05) is 24.1 Å². The van der Waals surface area contributed by atoms with Crippen molar-refractivity contribution < 1.29 is 9.53 Å². The maximum atomic E-state index is 11.8. The third-order valence-corrected chi connectivity index (χ3v) is 2.63. The van der Waals surface area contributed by atoms with Gasteiger partial charge in [-0.05, 0) is 31.5 Å². The first kappa shape index (κ1) is 14.0. The minimum atomic E-state index is -0.0849. The average molecular weight is 256 g/mol. The molecule has 0 aromatic heterocycles. The van der Waals surface area contributed by atoms with Gasteiger partial charge in [0.15, 0.2) is 0 Å². The standard InChI is InChI=1S/C13H18ClNO2/c1-3-17-9-10(2)15-13(16)12-6-4-11(8-14)5-7-12/h4-7,10H,3,8-9H2,1-2H3,(H,15,16). The van der Waals surface area contributed by atoms with Crippen molar-refractivity contribution >= 4 is 17.5 Å². The highest BCUT2D eigenvalue weighted by atomic mass is 35.5. The molecule has 0 fully saturated rings. The average Bonchev–Trinajstić information content (AvgIpc) is 2.36. The van der Waals surface area contributed by atoms with Gasteiger partial charge in [-0.2, -0.15) is 0 Å². The summed E-state index contributed by atoms with van der Waals surface area (Å²) in [5.74, 6) is 0.376. The van der Waals surface area contributed by atoms with Gasteiger partial charge < -0.3 is 10.1 Å². The Kier molecular flexibility index (Phi) is 6.01. The third kappa shape index (κ3) is 4.75. The number of nitrogens with one attached hydrogen (secondary N) is 1. The van der Waals surface area contributed by atoms with Crippen LogP contribution in [0, 0.1) is 0 Å². The number of halogens is 1. The Balaban J connectivity index is 2.51. The SMILES string of the molecule is CCOCC(C)NC(=O)c1ccc(CCl)cc1. The van der Waals surface area contributed by atoms with E-state index in [1.165, 1.54) is 0 Å². The molecule has 0 saturated carbocycles. The minimum Gasteiger partial charge on any atom is -0.380 e. The molecule has 0 radical (unpaired) electrons. The van der Waals surface area contributed by atoms with Crippen molar-refractivity contribution in [3.8, 4) is 0 Å². The molecule has 1 atom stereocenters. The fraction of sp³-hybridized carbons (Fsp3) is 0.462. The maximum absolute atomic E-state index is 11.8. The largest absolute Gasteiger partial charge is 0.380 e. The molecule has 0 aliphatic carbocycles. The van der Waals surface area contributed by atoms with Gasteiger partial charge in [-0.3, -0.25) is 4.79 Å². The lowest BCUT2D eigenvalue weighted by Gasteiger charge is -2.13. The van der Waals surface area contributed by atoms with Crippen LogP contribution in [0.25, 0.3) is 0 Å². The summed E-state index contributed by atoms with van der Waals surface area (Å²) in [6, 6.07) is 7.28. The summed E-state index contributed by atoms with van der Waals surface area (Å²) in [6.07, 6.45) is 0. The summed E-state index contributed by atoms with van der Waals surface area (Å²) in [7, 11) is 0. The highest BCUT2D eigenvalue weighted by molar-refractivity contribution is 6.17. The van der Waals surface area contributed by atoms with E-state index in [0.29, 0.717) is 24.7 Å². The number of carbonyl (C=O) groups is 1. The van der Waals surface area contributed by atoms with Crippen molar-refractivity contribution in [2.75, 3.05) is 13.2 Å². The van der Waals surface area contributed by atoms with E-state index in [4.69, 9.17) is 16.3 Å². The quantitative estimate of drug-likeness (QED) is 0.794. The van der Waals surface area contributed by atoms with Gasteiger partial charge in [0.1, 0.15) is 0 Å². The van der Waals surface area contributed by atoms with E-state index < -0.39 is 0 Å². The Hall–Kier alpha value is -1.06. The second-order valence-corrected chi connectivity index (χ2v) is 4.13. The molecular formula is C13H18ClNO2. The van der Waals surface area contributed by atoms with E-state index in [1.54, 1.807) is 12.1 Å². The molecule has 0 spiro atoms. The molecule has 1 aromatic carbocycles. The molecule has 94 valence electrons. The Morgan fingerprint density at radius 2 is 2.06 bits per heavy atom. The summed E-state index contributed by atoms with van der Waals surface area (Å²) < 4.78 is 5.24. The number of hydrogen-bond acceptors (Lipinski definition) is 2. The molecular weight excluding hydrogens is 238 g/mol. The molecule has 1 N–H and O–H groups in total. The van der Waals surface area contributed by atoms with Gasteiger partial charge in [0.05, 0.1) is 6.61 Å². The number of hydrogen-bond donors (Lipinski definition) is 1. The maximum Gasteiger partial charge on any atom is 0.251 e. The van der Waals surface area contributed by atoms with Crippen LogP contribution in [0.15, 0.2) is 24.3 Å². The zero-order valence-corrected chi connectivity index (χ0v) is 11.0. The van der Waals surface area contributed by atoms with Crippen LogP contribution in [0.1, 0.15) is 29.8 Å². The Bertz CT molecular complexity index is 351. The lowest BCUT2D eigenvalue weighted by Crippen LogP contribution is -2.35. The molecule has 0 bridgehead atoms. The summed E-state index contributed by atoms with van der Waals surface area (Å²) in [5, 5.41) is 2.87. The first-order chi connectivity index (χ1) is 8.17. The number of ether oxygens (including phenoxy) is 1. The minimum absolute atomic E-state index is 0.00940. The van der Waals surface area contributed by atoms with Crippen LogP contribution in [0.2, 0.25) is 0 Å². The number of amides is 1. The zero-order valence-electron chi connectivity index (χ0n) is 10.2. The monoisotopic (exact) mass is 255 g/mol. The van der Waals surface area contributed by atoms with Crippen molar-refractivity contribution in [2.24, 2.45) is 0 Å². The molecule has 17 heavy (non-hydrogen) atoms. The zero-order chi connectivity index (χ0) is 12.7. The smallest absolute Gasteiger partial charge is 0.251 e. The van der Waals surface area contributed by atoms with E-state index in [2.05, 4.69) is 5.32 Å². The van der Waals surface area contributed by atoms with Crippen LogP contribution in [0.5, 0.6) is 0 Å². The Labute approximate surface area is 107 Å². The lowest BCUT2D eigenvalue weighted by atomic mass is 10.1. The van der Waals surface area contributed by atoms with E-state index >= 15 is 0 Å². The molecule has 1 unspecified atom stereocenters. The van der Waals surface area contributed by atoms with Crippen LogP contribution in [-0.2, 0) is 10.6 Å². The fourth-order valence-corrected chi connectivity index (χ4v) is 1.57. The highest BCUT2D eigenvalue weighted by Gasteiger charge is 2.09. The highest BCUT2D eigenvalue weighted by Crippen LogP contribution is 2.07.